The van der Waals surface area contributed by atoms with Gasteiger partial charge in [0.1, 0.15) is 17.2 Å². The van der Waals surface area contributed by atoms with Gasteiger partial charge in [-0.15, -0.1) is 5.10 Å². The second-order valence-corrected chi connectivity index (χ2v) is 12.3. The number of carbonyl (C=O) groups excluding carboxylic acids is 1. The highest BCUT2D eigenvalue weighted by Crippen LogP contribution is 2.30. The Hall–Kier alpha value is -3.15. The molecule has 0 aliphatic rings. The quantitative estimate of drug-likeness (QED) is 0.0904. The number of aromatic amines is 1. The van der Waals surface area contributed by atoms with Crippen LogP contribution in [0.3, 0.4) is 0 Å². The lowest BCUT2D eigenvalue weighted by molar-refractivity contribution is -0.625. The molecule has 0 saturated carbocycles. The number of benzene rings is 3. The molecule has 3 aromatic carbocycles. The molecule has 202 valence electrons. The second kappa shape index (κ2) is 12.4. The number of phenols is 1. The maximum atomic E-state index is 12.6. The molecule has 0 fully saturated rings. The van der Waals surface area contributed by atoms with E-state index in [2.05, 4.69) is 97.6 Å². The molecule has 0 radical (unpaired) electrons. The van der Waals surface area contributed by atoms with E-state index in [-0.39, 0.29) is 22.8 Å². The van der Waals surface area contributed by atoms with Gasteiger partial charge in [-0.1, -0.05) is 48.8 Å². The molecular formula is C28H28Br2N5O3S+. The van der Waals surface area contributed by atoms with Gasteiger partial charge in [0.25, 0.3) is 11.7 Å². The number of hydrazone groups is 1. The van der Waals surface area contributed by atoms with Crippen molar-refractivity contribution in [3.05, 3.63) is 80.7 Å². The van der Waals surface area contributed by atoms with Gasteiger partial charge in [0.15, 0.2) is 0 Å². The van der Waals surface area contributed by atoms with Crippen LogP contribution in [-0.2, 0) is 10.2 Å². The van der Waals surface area contributed by atoms with Crippen LogP contribution in [0.25, 0.3) is 17.1 Å². The Morgan fingerprint density at radius 1 is 1.15 bits per heavy atom. The summed E-state index contributed by atoms with van der Waals surface area (Å²) < 4.78 is 8.58. The minimum absolute atomic E-state index is 0.0330. The fourth-order valence-electron chi connectivity index (χ4n) is 3.71. The van der Waals surface area contributed by atoms with Crippen LogP contribution in [0.4, 0.5) is 0 Å². The van der Waals surface area contributed by atoms with E-state index in [4.69, 9.17) is 4.74 Å². The Kier molecular flexibility index (Phi) is 9.14. The second-order valence-electron chi connectivity index (χ2n) is 9.62. The number of ether oxygens (including phenoxy) is 1. The third kappa shape index (κ3) is 7.09. The standard InChI is InChI=1S/C28H27Br2N5O3S/c1-28(2,3)19-7-5-17(6-8-19)26-33-34-27(35(26)21-9-11-22(38-4)12-10-21)39-16-24(36)32-31-15-18-13-20(29)14-23(30)25(18)37/h5-15H,16H2,1-4H3,(H2,31,32,36,37)/p+1. The van der Waals surface area contributed by atoms with E-state index < -0.39 is 0 Å². The van der Waals surface area contributed by atoms with E-state index in [0.717, 1.165) is 27.3 Å². The van der Waals surface area contributed by atoms with Crippen molar-refractivity contribution in [3.8, 4) is 28.6 Å². The van der Waals surface area contributed by atoms with Gasteiger partial charge in [-0.05, 0) is 87.2 Å². The average molecular weight is 674 g/mol. The van der Waals surface area contributed by atoms with Crippen LogP contribution in [0.1, 0.15) is 31.9 Å². The largest absolute Gasteiger partial charge is 0.506 e. The lowest BCUT2D eigenvalue weighted by Crippen LogP contribution is -2.34. The van der Waals surface area contributed by atoms with Gasteiger partial charge in [0.2, 0.25) is 0 Å². The number of nitrogens with zero attached hydrogens (tertiary/aromatic N) is 3. The fraction of sp³-hybridized carbons (Fsp3) is 0.214. The van der Waals surface area contributed by atoms with Crippen molar-refractivity contribution in [1.82, 2.24) is 15.6 Å². The molecule has 1 amide bonds. The van der Waals surface area contributed by atoms with Crippen molar-refractivity contribution in [2.75, 3.05) is 12.9 Å². The summed E-state index contributed by atoms with van der Waals surface area (Å²) in [5.74, 6) is 1.33. The van der Waals surface area contributed by atoms with E-state index in [1.165, 1.54) is 23.5 Å². The number of nitrogens with one attached hydrogen (secondary N) is 2. The molecule has 0 bridgehead atoms. The molecule has 11 heteroatoms. The van der Waals surface area contributed by atoms with Gasteiger partial charge >= 0.3 is 5.16 Å². The first-order chi connectivity index (χ1) is 18.6. The number of thioether (sulfide) groups is 1. The number of aromatic hydroxyl groups is 1. The molecule has 4 rings (SSSR count). The van der Waals surface area contributed by atoms with Gasteiger partial charge in [-0.2, -0.15) is 9.67 Å². The number of carbonyl (C=O) groups is 1. The lowest BCUT2D eigenvalue weighted by Gasteiger charge is -2.18. The third-order valence-electron chi connectivity index (χ3n) is 5.81. The van der Waals surface area contributed by atoms with E-state index in [9.17, 15) is 9.90 Å². The minimum atomic E-state index is -0.315. The number of hydrogen-bond acceptors (Lipinski definition) is 6. The van der Waals surface area contributed by atoms with Crippen LogP contribution in [0.5, 0.6) is 11.5 Å². The summed E-state index contributed by atoms with van der Waals surface area (Å²) >= 11 is 7.93. The summed E-state index contributed by atoms with van der Waals surface area (Å²) in [4.78, 5) is 12.6. The van der Waals surface area contributed by atoms with Gasteiger partial charge in [0.05, 0.1) is 34.2 Å². The van der Waals surface area contributed by atoms with Crippen molar-refractivity contribution in [2.24, 2.45) is 5.10 Å². The molecule has 3 N–H and O–H groups in total. The van der Waals surface area contributed by atoms with Crippen molar-refractivity contribution < 1.29 is 19.2 Å². The topological polar surface area (TPSA) is 103 Å². The fourth-order valence-corrected chi connectivity index (χ4v) is 5.73. The Morgan fingerprint density at radius 3 is 2.49 bits per heavy atom. The van der Waals surface area contributed by atoms with Crippen LogP contribution in [0, 0.1) is 0 Å². The predicted molar refractivity (Wildman–Crippen MR) is 161 cm³/mol. The SMILES string of the molecule is COc1ccc(-[n+]2c(SCC(=O)NN=Cc3cc(Br)cc(Br)c3O)n[nH]c2-c2ccc(C(C)(C)C)cc2)cc1. The first-order valence-electron chi connectivity index (χ1n) is 12.0. The summed E-state index contributed by atoms with van der Waals surface area (Å²) in [6.07, 6.45) is 1.39. The number of aromatic nitrogens is 3. The molecule has 0 aliphatic heterocycles. The van der Waals surface area contributed by atoms with Crippen molar-refractivity contribution >= 4 is 55.7 Å². The summed E-state index contributed by atoms with van der Waals surface area (Å²) in [5.41, 5.74) is 6.07. The van der Waals surface area contributed by atoms with Crippen molar-refractivity contribution in [3.63, 3.8) is 0 Å². The summed E-state index contributed by atoms with van der Waals surface area (Å²) in [6.45, 7) is 6.54. The number of phenolic OH excluding ortho intramolecular Hbond substituents is 1. The number of rotatable bonds is 8. The Morgan fingerprint density at radius 2 is 1.85 bits per heavy atom. The Labute approximate surface area is 248 Å². The van der Waals surface area contributed by atoms with Crippen LogP contribution in [0.15, 0.2) is 79.9 Å². The third-order valence-corrected chi connectivity index (χ3v) is 7.81. The molecule has 39 heavy (non-hydrogen) atoms. The molecule has 8 nitrogen and oxygen atoms in total. The predicted octanol–water partition coefficient (Wildman–Crippen LogP) is 6.13. The summed E-state index contributed by atoms with van der Waals surface area (Å²) in [7, 11) is 1.63. The molecule has 1 heterocycles. The number of methoxy groups -OCH3 is 1. The van der Waals surface area contributed by atoms with Crippen molar-refractivity contribution in [1.29, 1.82) is 0 Å². The lowest BCUT2D eigenvalue weighted by atomic mass is 9.87. The van der Waals surface area contributed by atoms with Crippen molar-refractivity contribution in [2.45, 2.75) is 31.3 Å². The van der Waals surface area contributed by atoms with E-state index in [0.29, 0.717) is 15.2 Å². The van der Waals surface area contributed by atoms with Gasteiger partial charge in [0, 0.05) is 10.0 Å². The van der Waals surface area contributed by atoms with Crippen LogP contribution >= 0.6 is 43.6 Å². The number of halogens is 2. The minimum Gasteiger partial charge on any atom is -0.506 e. The highest BCUT2D eigenvalue weighted by atomic mass is 79.9. The van der Waals surface area contributed by atoms with Crippen LogP contribution < -0.4 is 14.7 Å². The number of amides is 1. The van der Waals surface area contributed by atoms with Gasteiger partial charge in [-0.25, -0.2) is 5.43 Å². The number of H-pyrrole nitrogens is 1. The normalized spacial score (nSPS) is 11.6. The van der Waals surface area contributed by atoms with Gasteiger partial charge < -0.3 is 9.84 Å². The monoisotopic (exact) mass is 672 g/mol. The zero-order valence-corrected chi connectivity index (χ0v) is 25.8. The highest BCUT2D eigenvalue weighted by Gasteiger charge is 2.25. The van der Waals surface area contributed by atoms with Crippen LogP contribution in [0.2, 0.25) is 0 Å². The smallest absolute Gasteiger partial charge is 0.342 e. The first kappa shape index (κ1) is 28.8. The first-order valence-corrected chi connectivity index (χ1v) is 14.5. The Balaban J connectivity index is 1.55. The zero-order chi connectivity index (χ0) is 28.2. The molecule has 4 aromatic rings. The Bertz CT molecular complexity index is 1500. The van der Waals surface area contributed by atoms with Crippen LogP contribution in [-0.4, -0.2) is 40.3 Å². The van der Waals surface area contributed by atoms with E-state index in [1.54, 1.807) is 19.2 Å². The number of hydrogen-bond donors (Lipinski definition) is 3. The molecule has 0 spiro atoms. The molecular weight excluding hydrogens is 646 g/mol. The summed E-state index contributed by atoms with van der Waals surface area (Å²) in [5, 5.41) is 22.4. The molecule has 0 atom stereocenters. The molecule has 1 aromatic heterocycles. The highest BCUT2D eigenvalue weighted by molar-refractivity contribution is 9.11. The molecule has 0 saturated heterocycles. The maximum absolute atomic E-state index is 12.6. The molecule has 0 aliphatic carbocycles. The molecule has 0 unspecified atom stereocenters. The van der Waals surface area contributed by atoms with E-state index in [1.807, 2.05) is 28.8 Å². The maximum Gasteiger partial charge on any atom is 0.342 e. The average Bonchev–Trinajstić information content (AvgIpc) is 3.33. The van der Waals surface area contributed by atoms with E-state index >= 15 is 0 Å². The zero-order valence-electron chi connectivity index (χ0n) is 21.8. The summed E-state index contributed by atoms with van der Waals surface area (Å²) in [6, 6.07) is 19.4. The van der Waals surface area contributed by atoms with Gasteiger partial charge in [-0.3, -0.25) is 4.79 Å².